The topological polar surface area (TPSA) is 34.9 Å². The number of carbonyl (C=O) groups excluding carboxylic acids is 1. The van der Waals surface area contributed by atoms with Crippen molar-refractivity contribution in [3.05, 3.63) is 50.9 Å². The molecule has 0 radical (unpaired) electrons. The van der Waals surface area contributed by atoms with Crippen LogP contribution in [-0.4, -0.2) is 15.6 Å². The summed E-state index contributed by atoms with van der Waals surface area (Å²) < 4.78 is 2.95. The van der Waals surface area contributed by atoms with E-state index in [0.29, 0.717) is 12.1 Å². The first kappa shape index (κ1) is 13.3. The zero-order valence-corrected chi connectivity index (χ0v) is 12.6. The van der Waals surface area contributed by atoms with Gasteiger partial charge in [0.1, 0.15) is 5.69 Å². The van der Waals surface area contributed by atoms with E-state index in [-0.39, 0.29) is 5.78 Å². The van der Waals surface area contributed by atoms with Gasteiger partial charge in [-0.2, -0.15) is 5.10 Å². The van der Waals surface area contributed by atoms with E-state index >= 15 is 0 Å². The van der Waals surface area contributed by atoms with Gasteiger partial charge >= 0.3 is 0 Å². The molecule has 0 atom stereocenters. The third-order valence-electron chi connectivity index (χ3n) is 2.77. The predicted octanol–water partition coefficient (Wildman–Crippen LogP) is 3.24. The van der Waals surface area contributed by atoms with E-state index in [9.17, 15) is 4.79 Å². The molecule has 18 heavy (non-hydrogen) atoms. The van der Waals surface area contributed by atoms with Crippen molar-refractivity contribution in [1.29, 1.82) is 0 Å². The Balaban J connectivity index is 2.19. The molecule has 1 heterocycles. The van der Waals surface area contributed by atoms with Crippen LogP contribution in [0.25, 0.3) is 0 Å². The van der Waals surface area contributed by atoms with E-state index in [1.165, 1.54) is 3.57 Å². The van der Waals surface area contributed by atoms with Gasteiger partial charge in [-0.25, -0.2) is 0 Å². The van der Waals surface area contributed by atoms with Gasteiger partial charge in [-0.15, -0.1) is 0 Å². The summed E-state index contributed by atoms with van der Waals surface area (Å²) >= 11 is 2.26. The molecule has 0 unspecified atom stereocenters. The fourth-order valence-electron chi connectivity index (χ4n) is 1.89. The van der Waals surface area contributed by atoms with Gasteiger partial charge in [-0.1, -0.05) is 12.1 Å². The van der Waals surface area contributed by atoms with Crippen LogP contribution in [0.1, 0.15) is 28.7 Å². The van der Waals surface area contributed by atoms with Gasteiger partial charge in [-0.3, -0.25) is 9.48 Å². The molecule has 4 heteroatoms. The molecule has 0 aliphatic carbocycles. The molecule has 0 saturated heterocycles. The van der Waals surface area contributed by atoms with Gasteiger partial charge in [0.25, 0.3) is 0 Å². The number of nitrogens with zero attached hydrogens (tertiary/aromatic N) is 2. The van der Waals surface area contributed by atoms with Crippen LogP contribution in [0, 0.1) is 10.5 Å². The highest BCUT2D eigenvalue weighted by atomic mass is 127. The normalized spacial score (nSPS) is 10.6. The minimum Gasteiger partial charge on any atom is -0.292 e. The summed E-state index contributed by atoms with van der Waals surface area (Å²) in [7, 11) is 0. The molecule has 0 N–H and O–H groups in total. The van der Waals surface area contributed by atoms with E-state index in [1.54, 1.807) is 4.68 Å². The number of aryl methyl sites for hydroxylation is 2. The number of Topliss-reactive ketones (excluding diaryl/α,β-unsaturated/α-hetero) is 1. The Morgan fingerprint density at radius 2 is 2.00 bits per heavy atom. The lowest BCUT2D eigenvalue weighted by Crippen LogP contribution is -2.11. The lowest BCUT2D eigenvalue weighted by atomic mass is 10.1. The van der Waals surface area contributed by atoms with Crippen LogP contribution in [0.3, 0.4) is 0 Å². The summed E-state index contributed by atoms with van der Waals surface area (Å²) in [6.45, 7) is 4.63. The standard InChI is InChI=1S/C14H15IN2O/c1-3-17-13(8-10(2)16-17)14(18)9-11-4-6-12(15)7-5-11/h4-8H,3,9H2,1-2H3. The highest BCUT2D eigenvalue weighted by Gasteiger charge is 2.13. The fourth-order valence-corrected chi connectivity index (χ4v) is 2.25. The van der Waals surface area contributed by atoms with Gasteiger partial charge in [0, 0.05) is 16.5 Å². The van der Waals surface area contributed by atoms with Gasteiger partial charge in [0.05, 0.1) is 5.69 Å². The lowest BCUT2D eigenvalue weighted by Gasteiger charge is -2.04. The summed E-state index contributed by atoms with van der Waals surface area (Å²) in [5.41, 5.74) is 2.64. The van der Waals surface area contributed by atoms with Crippen molar-refractivity contribution in [2.24, 2.45) is 0 Å². The van der Waals surface area contributed by atoms with Crippen molar-refractivity contribution in [2.75, 3.05) is 0 Å². The second kappa shape index (κ2) is 5.65. The Hall–Kier alpha value is -1.17. The summed E-state index contributed by atoms with van der Waals surface area (Å²) in [5.74, 6) is 0.124. The van der Waals surface area contributed by atoms with Crippen LogP contribution < -0.4 is 0 Å². The molecule has 0 amide bonds. The van der Waals surface area contributed by atoms with Crippen molar-refractivity contribution in [3.63, 3.8) is 0 Å². The molecule has 1 aromatic carbocycles. The van der Waals surface area contributed by atoms with Crippen LogP contribution in [0.5, 0.6) is 0 Å². The van der Waals surface area contributed by atoms with Crippen LogP contribution in [-0.2, 0) is 13.0 Å². The zero-order chi connectivity index (χ0) is 13.1. The Morgan fingerprint density at radius 3 is 2.61 bits per heavy atom. The maximum atomic E-state index is 12.2. The maximum Gasteiger partial charge on any atom is 0.185 e. The smallest absolute Gasteiger partial charge is 0.185 e. The average Bonchev–Trinajstić information content (AvgIpc) is 2.73. The third-order valence-corrected chi connectivity index (χ3v) is 3.48. The molecular formula is C14H15IN2O. The number of benzene rings is 1. The summed E-state index contributed by atoms with van der Waals surface area (Å²) in [4.78, 5) is 12.2. The summed E-state index contributed by atoms with van der Waals surface area (Å²) in [5, 5.41) is 4.30. The Labute approximate surface area is 120 Å². The molecule has 2 rings (SSSR count). The molecule has 2 aromatic rings. The second-order valence-electron chi connectivity index (χ2n) is 4.21. The zero-order valence-electron chi connectivity index (χ0n) is 10.5. The van der Waals surface area contributed by atoms with E-state index < -0.39 is 0 Å². The number of hydrogen-bond donors (Lipinski definition) is 0. The average molecular weight is 354 g/mol. The van der Waals surface area contributed by atoms with E-state index in [0.717, 1.165) is 17.8 Å². The second-order valence-corrected chi connectivity index (χ2v) is 5.46. The molecular weight excluding hydrogens is 339 g/mol. The Morgan fingerprint density at radius 1 is 1.33 bits per heavy atom. The number of carbonyl (C=O) groups is 1. The molecule has 94 valence electrons. The summed E-state index contributed by atoms with van der Waals surface area (Å²) in [6, 6.07) is 9.90. The third kappa shape index (κ3) is 2.98. The molecule has 0 bridgehead atoms. The molecule has 0 saturated carbocycles. The number of rotatable bonds is 4. The van der Waals surface area contributed by atoms with Gasteiger partial charge < -0.3 is 0 Å². The largest absolute Gasteiger partial charge is 0.292 e. The molecule has 1 aromatic heterocycles. The van der Waals surface area contributed by atoms with Crippen molar-refractivity contribution in [1.82, 2.24) is 9.78 Å². The van der Waals surface area contributed by atoms with Gasteiger partial charge in [0.15, 0.2) is 5.78 Å². The van der Waals surface area contributed by atoms with E-state index in [1.807, 2.05) is 44.2 Å². The minimum atomic E-state index is 0.124. The Bertz CT molecular complexity index is 558. The quantitative estimate of drug-likeness (QED) is 0.624. The SMILES string of the molecule is CCn1nc(C)cc1C(=O)Cc1ccc(I)cc1. The highest BCUT2D eigenvalue weighted by molar-refractivity contribution is 14.1. The molecule has 0 aliphatic rings. The summed E-state index contributed by atoms with van der Waals surface area (Å²) in [6.07, 6.45) is 0.433. The highest BCUT2D eigenvalue weighted by Crippen LogP contribution is 2.11. The van der Waals surface area contributed by atoms with Crippen LogP contribution in [0.15, 0.2) is 30.3 Å². The van der Waals surface area contributed by atoms with Crippen molar-refractivity contribution in [2.45, 2.75) is 26.8 Å². The molecule has 0 aliphatic heterocycles. The molecule has 0 spiro atoms. The van der Waals surface area contributed by atoms with Gasteiger partial charge in [-0.05, 0) is 60.2 Å². The predicted molar refractivity (Wildman–Crippen MR) is 79.8 cm³/mol. The number of halogens is 1. The van der Waals surface area contributed by atoms with Gasteiger partial charge in [0.2, 0.25) is 0 Å². The van der Waals surface area contributed by atoms with Crippen LogP contribution >= 0.6 is 22.6 Å². The number of aromatic nitrogens is 2. The monoisotopic (exact) mass is 354 g/mol. The Kier molecular flexibility index (Phi) is 4.16. The van der Waals surface area contributed by atoms with Crippen molar-refractivity contribution < 1.29 is 4.79 Å². The first-order valence-corrected chi connectivity index (χ1v) is 7.00. The van der Waals surface area contributed by atoms with E-state index in [2.05, 4.69) is 27.7 Å². The van der Waals surface area contributed by atoms with Crippen LogP contribution in [0.2, 0.25) is 0 Å². The number of hydrogen-bond acceptors (Lipinski definition) is 2. The first-order valence-electron chi connectivity index (χ1n) is 5.92. The van der Waals surface area contributed by atoms with Crippen molar-refractivity contribution >= 4 is 28.4 Å². The first-order chi connectivity index (χ1) is 8.60. The maximum absolute atomic E-state index is 12.2. The van der Waals surface area contributed by atoms with Crippen molar-refractivity contribution in [3.8, 4) is 0 Å². The number of ketones is 1. The molecule has 0 fully saturated rings. The molecule has 3 nitrogen and oxygen atoms in total. The van der Waals surface area contributed by atoms with E-state index in [4.69, 9.17) is 0 Å². The minimum absolute atomic E-state index is 0.124. The lowest BCUT2D eigenvalue weighted by molar-refractivity contribution is 0.0983. The fraction of sp³-hybridized carbons (Fsp3) is 0.286. The van der Waals surface area contributed by atoms with Crippen LogP contribution in [0.4, 0.5) is 0 Å².